The Balaban J connectivity index is 0.00000205. The molecular weight excluding hydrogens is 506 g/mol. The largest absolute Gasteiger partial charge is 0.480 e. The maximum Gasteiger partial charge on any atom is 0.326 e. The van der Waals surface area contributed by atoms with Gasteiger partial charge in [0.05, 0.1) is 4.88 Å². The predicted molar refractivity (Wildman–Crippen MR) is 160 cm³/mol. The summed E-state index contributed by atoms with van der Waals surface area (Å²) in [6.45, 7) is 4.37. The van der Waals surface area contributed by atoms with Crippen LogP contribution < -0.4 is 11.1 Å². The van der Waals surface area contributed by atoms with Gasteiger partial charge in [-0.2, -0.15) is 0 Å². The standard InChI is InChI=1S/C30H29N3O3S.C2H6/c31-28(23-15-8-3-9-16-23)32-20-10-17-24(30(35)36)33-29(34)26-19-18-25(37-26)27(21-11-4-1-5-12-21)22-13-6-2-7-14-22;1-2/h1-9,11-16,18-19,24,27H,10,17,20H2,(H2,31,32)(H,33,34)(H,35,36);1-2H3. The van der Waals surface area contributed by atoms with Crippen molar-refractivity contribution >= 4 is 29.0 Å². The molecule has 0 aliphatic rings. The minimum Gasteiger partial charge on any atom is -0.480 e. The average molecular weight is 542 g/mol. The van der Waals surface area contributed by atoms with Crippen LogP contribution >= 0.6 is 11.3 Å². The SMILES string of the molecule is CC.NC(=NCCCC(NC(=O)c1ccc(C(c2ccccc2)c2ccccc2)s1)C(=O)O)c1ccccc1. The lowest BCUT2D eigenvalue weighted by Gasteiger charge is -2.17. The molecule has 0 saturated heterocycles. The molecule has 39 heavy (non-hydrogen) atoms. The Morgan fingerprint density at radius 2 is 1.38 bits per heavy atom. The van der Waals surface area contributed by atoms with E-state index in [2.05, 4.69) is 34.6 Å². The second kappa shape index (κ2) is 15.2. The van der Waals surface area contributed by atoms with E-state index in [9.17, 15) is 14.7 Å². The highest BCUT2D eigenvalue weighted by Crippen LogP contribution is 2.36. The van der Waals surface area contributed by atoms with E-state index in [1.54, 1.807) is 6.07 Å². The van der Waals surface area contributed by atoms with Gasteiger partial charge in [-0.05, 0) is 36.1 Å². The van der Waals surface area contributed by atoms with Crippen molar-refractivity contribution in [3.8, 4) is 0 Å². The number of nitrogens with one attached hydrogen (secondary N) is 1. The van der Waals surface area contributed by atoms with Crippen molar-refractivity contribution in [3.63, 3.8) is 0 Å². The first-order chi connectivity index (χ1) is 19.0. The van der Waals surface area contributed by atoms with Crippen LogP contribution in [0.4, 0.5) is 0 Å². The number of nitrogens with zero attached hydrogens (tertiary/aromatic N) is 1. The predicted octanol–water partition coefficient (Wildman–Crippen LogP) is 6.32. The van der Waals surface area contributed by atoms with Crippen molar-refractivity contribution in [1.29, 1.82) is 0 Å². The van der Waals surface area contributed by atoms with E-state index in [1.807, 2.05) is 86.6 Å². The monoisotopic (exact) mass is 541 g/mol. The molecule has 1 unspecified atom stereocenters. The quantitative estimate of drug-likeness (QED) is 0.117. The molecule has 0 fully saturated rings. The molecule has 202 valence electrons. The molecule has 0 aliphatic heterocycles. The topological polar surface area (TPSA) is 105 Å². The van der Waals surface area contributed by atoms with Crippen LogP contribution in [0.25, 0.3) is 0 Å². The molecular formula is C32H35N3O3S. The third-order valence-electron chi connectivity index (χ3n) is 6.01. The molecule has 0 bridgehead atoms. The van der Waals surface area contributed by atoms with Gasteiger partial charge in [-0.1, -0.05) is 105 Å². The summed E-state index contributed by atoms with van der Waals surface area (Å²) in [6.07, 6.45) is 0.728. The summed E-state index contributed by atoms with van der Waals surface area (Å²) in [4.78, 5) is 30.6. The van der Waals surface area contributed by atoms with Gasteiger partial charge in [-0.25, -0.2) is 4.79 Å². The molecule has 1 atom stereocenters. The number of aliphatic imine (C=N–C) groups is 1. The van der Waals surface area contributed by atoms with Crippen LogP contribution in [0, 0.1) is 0 Å². The second-order valence-electron chi connectivity index (χ2n) is 8.60. The summed E-state index contributed by atoms with van der Waals surface area (Å²) >= 11 is 1.38. The Labute approximate surface area is 234 Å². The van der Waals surface area contributed by atoms with E-state index < -0.39 is 17.9 Å². The van der Waals surface area contributed by atoms with Crippen LogP contribution in [-0.2, 0) is 4.79 Å². The van der Waals surface area contributed by atoms with Gasteiger partial charge in [0.2, 0.25) is 0 Å². The lowest BCUT2D eigenvalue weighted by Crippen LogP contribution is -2.40. The molecule has 4 N–H and O–H groups in total. The Hall–Kier alpha value is -4.23. The Morgan fingerprint density at radius 1 is 0.846 bits per heavy atom. The normalized spacial score (nSPS) is 11.8. The van der Waals surface area contributed by atoms with Gasteiger partial charge >= 0.3 is 5.97 Å². The fourth-order valence-corrected chi connectivity index (χ4v) is 5.19. The molecule has 7 heteroatoms. The Morgan fingerprint density at radius 3 is 1.92 bits per heavy atom. The number of nitrogens with two attached hydrogens (primary N) is 1. The van der Waals surface area contributed by atoms with Crippen LogP contribution in [0.5, 0.6) is 0 Å². The van der Waals surface area contributed by atoms with Crippen molar-refractivity contribution < 1.29 is 14.7 Å². The van der Waals surface area contributed by atoms with Gasteiger partial charge in [-0.3, -0.25) is 9.79 Å². The Kier molecular flexibility index (Phi) is 11.5. The maximum absolute atomic E-state index is 13.0. The number of rotatable bonds is 11. The first kappa shape index (κ1) is 29.3. The number of carbonyl (C=O) groups excluding carboxylic acids is 1. The summed E-state index contributed by atoms with van der Waals surface area (Å²) in [5.41, 5.74) is 9.08. The van der Waals surface area contributed by atoms with E-state index in [-0.39, 0.29) is 12.3 Å². The smallest absolute Gasteiger partial charge is 0.326 e. The number of carbonyl (C=O) groups is 2. The molecule has 1 amide bonds. The van der Waals surface area contributed by atoms with Gasteiger partial charge in [0, 0.05) is 22.9 Å². The van der Waals surface area contributed by atoms with E-state index in [1.165, 1.54) is 11.3 Å². The number of hydrogen-bond donors (Lipinski definition) is 3. The molecule has 0 spiro atoms. The molecule has 6 nitrogen and oxygen atoms in total. The second-order valence-corrected chi connectivity index (χ2v) is 9.71. The molecule has 0 saturated carbocycles. The van der Waals surface area contributed by atoms with Crippen molar-refractivity contribution in [3.05, 3.63) is 130 Å². The number of hydrogen-bond acceptors (Lipinski definition) is 4. The number of thiophene rings is 1. The molecule has 0 radical (unpaired) electrons. The lowest BCUT2D eigenvalue weighted by atomic mass is 9.90. The summed E-state index contributed by atoms with van der Waals surface area (Å²) < 4.78 is 0. The molecule has 3 aromatic carbocycles. The van der Waals surface area contributed by atoms with Crippen LogP contribution in [0.2, 0.25) is 0 Å². The Bertz CT molecular complexity index is 1300. The first-order valence-corrected chi connectivity index (χ1v) is 13.9. The molecule has 0 aliphatic carbocycles. The van der Waals surface area contributed by atoms with Crippen LogP contribution in [0.1, 0.15) is 63.8 Å². The molecule has 1 aromatic heterocycles. The number of benzene rings is 3. The third kappa shape index (κ3) is 8.38. The zero-order valence-electron chi connectivity index (χ0n) is 22.3. The number of amides is 1. The summed E-state index contributed by atoms with van der Waals surface area (Å²) in [5, 5.41) is 12.4. The third-order valence-corrected chi connectivity index (χ3v) is 7.16. The average Bonchev–Trinajstić information content (AvgIpc) is 3.47. The highest BCUT2D eigenvalue weighted by Gasteiger charge is 2.23. The minimum absolute atomic E-state index is 0.0165. The number of carboxylic acids is 1. The van der Waals surface area contributed by atoms with Crippen molar-refractivity contribution in [1.82, 2.24) is 5.32 Å². The number of amidine groups is 1. The lowest BCUT2D eigenvalue weighted by molar-refractivity contribution is -0.139. The fourth-order valence-electron chi connectivity index (χ4n) is 4.12. The highest BCUT2D eigenvalue weighted by molar-refractivity contribution is 7.14. The maximum atomic E-state index is 13.0. The van der Waals surface area contributed by atoms with Crippen LogP contribution in [0.3, 0.4) is 0 Å². The number of aliphatic carboxylic acids is 1. The van der Waals surface area contributed by atoms with Gasteiger partial charge in [0.1, 0.15) is 11.9 Å². The van der Waals surface area contributed by atoms with Gasteiger partial charge in [0.15, 0.2) is 0 Å². The molecule has 4 aromatic rings. The number of carboxylic acid groups (broad SMARTS) is 1. The van der Waals surface area contributed by atoms with Gasteiger partial charge in [-0.15, -0.1) is 11.3 Å². The molecule has 4 rings (SSSR count). The van der Waals surface area contributed by atoms with Crippen molar-refractivity contribution in [2.45, 2.75) is 38.6 Å². The summed E-state index contributed by atoms with van der Waals surface area (Å²) in [5.74, 6) is -1.07. The van der Waals surface area contributed by atoms with Gasteiger partial charge < -0.3 is 16.2 Å². The highest BCUT2D eigenvalue weighted by atomic mass is 32.1. The zero-order valence-corrected chi connectivity index (χ0v) is 23.1. The van der Waals surface area contributed by atoms with Crippen molar-refractivity contribution in [2.24, 2.45) is 10.7 Å². The first-order valence-electron chi connectivity index (χ1n) is 13.1. The molecule has 1 heterocycles. The minimum atomic E-state index is -1.07. The van der Waals surface area contributed by atoms with E-state index in [0.29, 0.717) is 23.7 Å². The van der Waals surface area contributed by atoms with E-state index in [4.69, 9.17) is 5.73 Å². The van der Waals surface area contributed by atoms with Gasteiger partial charge in [0.25, 0.3) is 5.91 Å². The van der Waals surface area contributed by atoms with E-state index in [0.717, 1.165) is 21.6 Å². The van der Waals surface area contributed by atoms with E-state index >= 15 is 0 Å². The summed E-state index contributed by atoms with van der Waals surface area (Å²) in [7, 11) is 0. The van der Waals surface area contributed by atoms with Crippen LogP contribution in [0.15, 0.2) is 108 Å². The summed E-state index contributed by atoms with van der Waals surface area (Å²) in [6, 6.07) is 32.4. The van der Waals surface area contributed by atoms with Crippen LogP contribution in [-0.4, -0.2) is 35.4 Å². The fraction of sp³-hybridized carbons (Fsp3) is 0.219. The zero-order chi connectivity index (χ0) is 28.0. The van der Waals surface area contributed by atoms with Crippen molar-refractivity contribution in [2.75, 3.05) is 6.54 Å².